The van der Waals surface area contributed by atoms with Gasteiger partial charge in [0.25, 0.3) is 0 Å². The number of benzene rings is 1. The zero-order valence-electron chi connectivity index (χ0n) is 15.6. The number of aliphatic hydroxyl groups is 1. The first-order valence-electron chi connectivity index (χ1n) is 9.07. The first-order chi connectivity index (χ1) is 14.1. The number of carbonyl (C=O) groups excluding carboxylic acids is 1. The molecule has 0 saturated carbocycles. The number of ether oxygens (including phenoxy) is 2. The average molecular weight is 405 g/mol. The van der Waals surface area contributed by atoms with Gasteiger partial charge in [-0.2, -0.15) is 8.78 Å². The van der Waals surface area contributed by atoms with Crippen molar-refractivity contribution in [2.24, 2.45) is 4.99 Å². The van der Waals surface area contributed by atoms with Crippen molar-refractivity contribution in [3.8, 4) is 0 Å². The molecule has 1 aliphatic rings. The number of aliphatic imine (C=N–C) groups is 1. The van der Waals surface area contributed by atoms with Gasteiger partial charge in [-0.25, -0.2) is 4.99 Å². The predicted molar refractivity (Wildman–Crippen MR) is 101 cm³/mol. The van der Waals surface area contributed by atoms with Crippen LogP contribution in [0.3, 0.4) is 0 Å². The molecule has 1 aromatic heterocycles. The fourth-order valence-electron chi connectivity index (χ4n) is 2.94. The van der Waals surface area contributed by atoms with Crippen molar-refractivity contribution in [2.45, 2.75) is 25.6 Å². The minimum Gasteiger partial charge on any atom is -0.475 e. The van der Waals surface area contributed by atoms with Crippen LogP contribution in [0.15, 0.2) is 47.6 Å². The standard InChI is InChI=1S/C20H21F2N3O4/c21-20(22)29-7-6-28-19-16-11-23-15(8-14(16)10-24-19)9-18(27)25-17(12-26)13-4-2-1-3-5-13/h1-5,8,11,17,20,26H,6-7,9-10,12H2,(H,25,27)/t17-/m1/s1. The number of halogens is 2. The van der Waals surface area contributed by atoms with Crippen molar-refractivity contribution >= 4 is 11.8 Å². The highest BCUT2D eigenvalue weighted by atomic mass is 19.3. The van der Waals surface area contributed by atoms with Crippen LogP contribution in [-0.4, -0.2) is 48.3 Å². The number of aliphatic hydroxyl groups excluding tert-OH is 1. The molecule has 2 N–H and O–H groups in total. The number of aromatic nitrogens is 1. The summed E-state index contributed by atoms with van der Waals surface area (Å²) in [6.07, 6.45) is 1.60. The maximum atomic E-state index is 12.4. The second-order valence-electron chi connectivity index (χ2n) is 6.32. The Kier molecular flexibility index (Phi) is 7.20. The highest BCUT2D eigenvalue weighted by Gasteiger charge is 2.20. The van der Waals surface area contributed by atoms with E-state index in [1.54, 1.807) is 12.3 Å². The Morgan fingerprint density at radius 3 is 2.76 bits per heavy atom. The molecule has 1 amide bonds. The van der Waals surface area contributed by atoms with Gasteiger partial charge in [-0.3, -0.25) is 9.78 Å². The van der Waals surface area contributed by atoms with Crippen LogP contribution in [0.2, 0.25) is 0 Å². The second kappa shape index (κ2) is 10.0. The Bertz CT molecular complexity index is 862. The van der Waals surface area contributed by atoms with Crippen LogP contribution in [0.5, 0.6) is 0 Å². The Morgan fingerprint density at radius 1 is 1.24 bits per heavy atom. The van der Waals surface area contributed by atoms with E-state index >= 15 is 0 Å². The third-order valence-electron chi connectivity index (χ3n) is 4.30. The quantitative estimate of drug-likeness (QED) is 0.623. The van der Waals surface area contributed by atoms with E-state index in [9.17, 15) is 18.7 Å². The van der Waals surface area contributed by atoms with Gasteiger partial charge in [0.15, 0.2) is 0 Å². The molecule has 1 aromatic carbocycles. The van der Waals surface area contributed by atoms with Crippen LogP contribution in [0.1, 0.15) is 28.4 Å². The molecular weight excluding hydrogens is 384 g/mol. The lowest BCUT2D eigenvalue weighted by atomic mass is 10.1. The minimum absolute atomic E-state index is 0.0468. The van der Waals surface area contributed by atoms with E-state index in [0.717, 1.165) is 11.1 Å². The summed E-state index contributed by atoms with van der Waals surface area (Å²) in [5, 5.41) is 12.4. The number of carbonyl (C=O) groups is 1. The van der Waals surface area contributed by atoms with Crippen molar-refractivity contribution in [3.63, 3.8) is 0 Å². The molecule has 2 heterocycles. The summed E-state index contributed by atoms with van der Waals surface area (Å²) in [7, 11) is 0. The van der Waals surface area contributed by atoms with E-state index in [0.29, 0.717) is 23.7 Å². The molecule has 1 atom stereocenters. The molecule has 9 heteroatoms. The molecule has 0 unspecified atom stereocenters. The zero-order valence-corrected chi connectivity index (χ0v) is 15.6. The number of amides is 1. The lowest BCUT2D eigenvalue weighted by molar-refractivity contribution is -0.134. The van der Waals surface area contributed by atoms with Gasteiger partial charge in [0.05, 0.1) is 43.5 Å². The second-order valence-corrected chi connectivity index (χ2v) is 6.32. The topological polar surface area (TPSA) is 93.0 Å². The summed E-state index contributed by atoms with van der Waals surface area (Å²) in [5.41, 5.74) is 2.89. The van der Waals surface area contributed by atoms with Crippen molar-refractivity contribution in [1.82, 2.24) is 10.3 Å². The third kappa shape index (κ3) is 5.78. The Labute approximate surface area is 166 Å². The average Bonchev–Trinajstić information content (AvgIpc) is 3.12. The highest BCUT2D eigenvalue weighted by Crippen LogP contribution is 2.20. The van der Waals surface area contributed by atoms with E-state index in [2.05, 4.69) is 20.0 Å². The van der Waals surface area contributed by atoms with Gasteiger partial charge in [0.2, 0.25) is 11.8 Å². The Morgan fingerprint density at radius 2 is 2.03 bits per heavy atom. The molecule has 7 nitrogen and oxygen atoms in total. The molecule has 0 fully saturated rings. The van der Waals surface area contributed by atoms with Crippen LogP contribution in [-0.2, 0) is 27.2 Å². The van der Waals surface area contributed by atoms with Gasteiger partial charge in [-0.15, -0.1) is 0 Å². The van der Waals surface area contributed by atoms with E-state index in [4.69, 9.17) is 4.74 Å². The first kappa shape index (κ1) is 20.8. The molecule has 0 bridgehead atoms. The van der Waals surface area contributed by atoms with Gasteiger partial charge < -0.3 is 19.9 Å². The predicted octanol–water partition coefficient (Wildman–Crippen LogP) is 1.99. The summed E-state index contributed by atoms with van der Waals surface area (Å²) in [4.78, 5) is 20.8. The largest absolute Gasteiger partial charge is 0.475 e. The summed E-state index contributed by atoms with van der Waals surface area (Å²) in [6, 6.07) is 10.5. The summed E-state index contributed by atoms with van der Waals surface area (Å²) in [5.74, 6) is 0.0608. The SMILES string of the molecule is O=C(Cc1cc2c(cn1)C(OCCOC(F)F)=NC2)N[C@H](CO)c1ccccc1. The molecule has 0 aliphatic carbocycles. The maximum Gasteiger partial charge on any atom is 0.345 e. The normalized spacial score (nSPS) is 13.7. The molecule has 3 rings (SSSR count). The molecule has 1 aliphatic heterocycles. The lowest BCUT2D eigenvalue weighted by Gasteiger charge is -2.16. The summed E-state index contributed by atoms with van der Waals surface area (Å²) in [6.45, 7) is -2.98. The van der Waals surface area contributed by atoms with Gasteiger partial charge >= 0.3 is 6.61 Å². The van der Waals surface area contributed by atoms with Gasteiger partial charge in [0, 0.05) is 6.20 Å². The fraction of sp³-hybridized carbons (Fsp3) is 0.350. The van der Waals surface area contributed by atoms with E-state index in [1.807, 2.05) is 30.3 Å². The first-order valence-corrected chi connectivity index (χ1v) is 9.07. The van der Waals surface area contributed by atoms with Crippen molar-refractivity contribution in [3.05, 3.63) is 65.0 Å². The Balaban J connectivity index is 1.55. The van der Waals surface area contributed by atoms with Crippen LogP contribution in [0.4, 0.5) is 8.78 Å². The van der Waals surface area contributed by atoms with Crippen molar-refractivity contribution in [1.29, 1.82) is 0 Å². The summed E-state index contributed by atoms with van der Waals surface area (Å²) < 4.78 is 33.4. The number of alkyl halides is 2. The number of hydrogen-bond donors (Lipinski definition) is 2. The van der Waals surface area contributed by atoms with Crippen molar-refractivity contribution < 1.29 is 28.2 Å². The van der Waals surface area contributed by atoms with Gasteiger partial charge in [-0.05, 0) is 17.2 Å². The molecular formula is C20H21F2N3O4. The van der Waals surface area contributed by atoms with Crippen LogP contribution in [0, 0.1) is 0 Å². The lowest BCUT2D eigenvalue weighted by Crippen LogP contribution is -2.32. The number of rotatable bonds is 9. The van der Waals surface area contributed by atoms with Crippen LogP contribution >= 0.6 is 0 Å². The molecule has 0 saturated heterocycles. The van der Waals surface area contributed by atoms with E-state index < -0.39 is 12.7 Å². The number of pyridine rings is 1. The minimum atomic E-state index is -2.83. The zero-order chi connectivity index (χ0) is 20.6. The molecule has 154 valence electrons. The van der Waals surface area contributed by atoms with E-state index in [-0.39, 0.29) is 32.1 Å². The number of nitrogens with one attached hydrogen (secondary N) is 1. The fourth-order valence-corrected chi connectivity index (χ4v) is 2.94. The van der Waals surface area contributed by atoms with Crippen LogP contribution < -0.4 is 5.32 Å². The monoisotopic (exact) mass is 405 g/mol. The van der Waals surface area contributed by atoms with Crippen molar-refractivity contribution in [2.75, 3.05) is 19.8 Å². The van der Waals surface area contributed by atoms with Gasteiger partial charge in [-0.1, -0.05) is 30.3 Å². The highest BCUT2D eigenvalue weighted by molar-refractivity contribution is 5.97. The smallest absolute Gasteiger partial charge is 0.345 e. The van der Waals surface area contributed by atoms with E-state index in [1.165, 1.54) is 0 Å². The third-order valence-corrected chi connectivity index (χ3v) is 4.30. The molecule has 0 spiro atoms. The molecule has 29 heavy (non-hydrogen) atoms. The molecule has 0 radical (unpaired) electrons. The Hall–Kier alpha value is -2.91. The van der Waals surface area contributed by atoms with Gasteiger partial charge in [0.1, 0.15) is 6.61 Å². The number of nitrogens with zero attached hydrogens (tertiary/aromatic N) is 2. The molecule has 2 aromatic rings. The maximum absolute atomic E-state index is 12.4. The summed E-state index contributed by atoms with van der Waals surface area (Å²) >= 11 is 0. The number of fused-ring (bicyclic) bond motifs is 1. The van der Waals surface area contributed by atoms with Crippen LogP contribution in [0.25, 0.3) is 0 Å². The number of hydrogen-bond acceptors (Lipinski definition) is 6.